The summed E-state index contributed by atoms with van der Waals surface area (Å²) in [6.07, 6.45) is 2.80. The van der Waals surface area contributed by atoms with Gasteiger partial charge in [0, 0.05) is 23.5 Å². The predicted octanol–water partition coefficient (Wildman–Crippen LogP) is 3.66. The molecule has 1 N–H and O–H groups in total. The summed E-state index contributed by atoms with van der Waals surface area (Å²) in [6, 6.07) is 13.5. The van der Waals surface area contributed by atoms with Gasteiger partial charge in [0.2, 0.25) is 0 Å². The zero-order chi connectivity index (χ0) is 18.8. The van der Waals surface area contributed by atoms with E-state index < -0.39 is 12.1 Å². The van der Waals surface area contributed by atoms with E-state index in [-0.39, 0.29) is 12.3 Å². The zero-order valence-corrected chi connectivity index (χ0v) is 15.4. The van der Waals surface area contributed by atoms with Gasteiger partial charge in [0.1, 0.15) is 0 Å². The molecule has 0 saturated carbocycles. The van der Waals surface area contributed by atoms with E-state index >= 15 is 0 Å². The van der Waals surface area contributed by atoms with Crippen LogP contribution in [0.5, 0.6) is 0 Å². The average molecular weight is 379 g/mol. The van der Waals surface area contributed by atoms with E-state index in [1.807, 2.05) is 58.4 Å². The lowest BCUT2D eigenvalue weighted by molar-refractivity contribution is -0.152. The van der Waals surface area contributed by atoms with Crippen LogP contribution in [0.4, 0.5) is 5.69 Å². The highest BCUT2D eigenvalue weighted by molar-refractivity contribution is 7.15. The average Bonchev–Trinajstić information content (AvgIpc) is 3.23. The van der Waals surface area contributed by atoms with Crippen molar-refractivity contribution in [1.29, 1.82) is 0 Å². The second-order valence-electron chi connectivity index (χ2n) is 6.19. The quantitative estimate of drug-likeness (QED) is 0.537. The molecular weight excluding hydrogens is 362 g/mol. The number of ether oxygens (including phenoxy) is 1. The summed E-state index contributed by atoms with van der Waals surface area (Å²) < 4.78 is 7.10. The molecule has 136 valence electrons. The van der Waals surface area contributed by atoms with Crippen molar-refractivity contribution in [3.63, 3.8) is 0 Å². The monoisotopic (exact) mass is 379 g/mol. The van der Waals surface area contributed by atoms with Gasteiger partial charge in [-0.3, -0.25) is 14.0 Å². The van der Waals surface area contributed by atoms with Crippen LogP contribution in [0.15, 0.2) is 60.2 Å². The molecule has 0 aliphatic heterocycles. The molecule has 1 atom stereocenters. The minimum atomic E-state index is -0.896. The van der Waals surface area contributed by atoms with Gasteiger partial charge in [0.15, 0.2) is 11.1 Å². The minimum Gasteiger partial charge on any atom is -0.452 e. The number of benzene rings is 2. The van der Waals surface area contributed by atoms with Crippen LogP contribution in [-0.2, 0) is 20.7 Å². The van der Waals surface area contributed by atoms with E-state index in [1.54, 1.807) is 13.1 Å². The third-order valence-electron chi connectivity index (χ3n) is 4.16. The van der Waals surface area contributed by atoms with Crippen LogP contribution in [0.3, 0.4) is 0 Å². The number of thiazole rings is 1. The van der Waals surface area contributed by atoms with Crippen LogP contribution in [0.1, 0.15) is 12.6 Å². The van der Waals surface area contributed by atoms with Gasteiger partial charge in [-0.2, -0.15) is 0 Å². The maximum atomic E-state index is 12.3. The molecule has 27 heavy (non-hydrogen) atoms. The standard InChI is InChI=1S/C20H17N3O3S/c1-13(26-18(24)11-17-12-23-8-9-27-20(23)22-17)19(25)21-16-7-6-14-4-2-3-5-15(14)10-16/h2-10,12-13H,11H2,1H3,(H,21,25)/t13-/m1/s1. The van der Waals surface area contributed by atoms with Crippen LogP contribution in [0.25, 0.3) is 15.7 Å². The molecule has 0 aliphatic carbocycles. The zero-order valence-electron chi connectivity index (χ0n) is 14.6. The molecule has 0 radical (unpaired) electrons. The number of hydrogen-bond acceptors (Lipinski definition) is 5. The molecule has 0 unspecified atom stereocenters. The third-order valence-corrected chi connectivity index (χ3v) is 4.93. The van der Waals surface area contributed by atoms with E-state index in [0.29, 0.717) is 11.4 Å². The van der Waals surface area contributed by atoms with Gasteiger partial charge >= 0.3 is 5.97 Å². The molecular formula is C20H17N3O3S. The highest BCUT2D eigenvalue weighted by atomic mass is 32.1. The Balaban J connectivity index is 1.36. The van der Waals surface area contributed by atoms with Crippen molar-refractivity contribution in [3.8, 4) is 0 Å². The highest BCUT2D eigenvalue weighted by Crippen LogP contribution is 2.19. The summed E-state index contributed by atoms with van der Waals surface area (Å²) >= 11 is 1.49. The number of fused-ring (bicyclic) bond motifs is 2. The van der Waals surface area contributed by atoms with Gasteiger partial charge in [-0.05, 0) is 29.8 Å². The Labute approximate surface area is 159 Å². The molecule has 0 spiro atoms. The molecule has 2 aromatic carbocycles. The van der Waals surface area contributed by atoms with Gasteiger partial charge in [-0.1, -0.05) is 30.3 Å². The Morgan fingerprint density at radius 2 is 2.04 bits per heavy atom. The number of esters is 1. The molecule has 0 saturated heterocycles. The van der Waals surface area contributed by atoms with Crippen LogP contribution >= 0.6 is 11.3 Å². The summed E-state index contributed by atoms with van der Waals surface area (Å²) in [5.41, 5.74) is 1.28. The number of carbonyl (C=O) groups excluding carboxylic acids is 2. The van der Waals surface area contributed by atoms with E-state index in [0.717, 1.165) is 15.7 Å². The molecule has 4 rings (SSSR count). The molecule has 4 aromatic rings. The van der Waals surface area contributed by atoms with Crippen molar-refractivity contribution in [2.45, 2.75) is 19.4 Å². The van der Waals surface area contributed by atoms with Crippen molar-refractivity contribution in [3.05, 3.63) is 65.9 Å². The van der Waals surface area contributed by atoms with Crippen molar-refractivity contribution >= 4 is 44.6 Å². The number of amides is 1. The van der Waals surface area contributed by atoms with Crippen molar-refractivity contribution < 1.29 is 14.3 Å². The second-order valence-corrected chi connectivity index (χ2v) is 7.06. The SMILES string of the molecule is C[C@@H](OC(=O)Cc1cn2ccsc2n1)C(=O)Nc1ccc2ccccc2c1. The number of anilines is 1. The number of nitrogens with one attached hydrogen (secondary N) is 1. The summed E-state index contributed by atoms with van der Waals surface area (Å²) in [7, 11) is 0. The van der Waals surface area contributed by atoms with E-state index in [1.165, 1.54) is 11.3 Å². The Morgan fingerprint density at radius 1 is 1.22 bits per heavy atom. The summed E-state index contributed by atoms with van der Waals surface area (Å²) in [5.74, 6) is -0.855. The normalized spacial score (nSPS) is 12.2. The summed E-state index contributed by atoms with van der Waals surface area (Å²) in [5, 5.41) is 6.83. The number of imidazole rings is 1. The van der Waals surface area contributed by atoms with E-state index in [9.17, 15) is 9.59 Å². The lowest BCUT2D eigenvalue weighted by Gasteiger charge is -2.13. The van der Waals surface area contributed by atoms with Crippen molar-refractivity contribution in [2.24, 2.45) is 0 Å². The predicted molar refractivity (Wildman–Crippen MR) is 105 cm³/mol. The van der Waals surface area contributed by atoms with E-state index in [4.69, 9.17) is 4.74 Å². The summed E-state index contributed by atoms with van der Waals surface area (Å²) in [4.78, 5) is 29.6. The molecule has 2 aromatic heterocycles. The van der Waals surface area contributed by atoms with Crippen LogP contribution in [0.2, 0.25) is 0 Å². The number of rotatable bonds is 5. The molecule has 2 heterocycles. The number of hydrogen-bond donors (Lipinski definition) is 1. The van der Waals surface area contributed by atoms with Gasteiger partial charge in [-0.15, -0.1) is 11.3 Å². The Morgan fingerprint density at radius 3 is 2.85 bits per heavy atom. The third kappa shape index (κ3) is 3.83. The molecule has 7 heteroatoms. The minimum absolute atomic E-state index is 0.0298. The van der Waals surface area contributed by atoms with Gasteiger partial charge < -0.3 is 10.1 Å². The first-order chi connectivity index (χ1) is 13.1. The Hall–Kier alpha value is -3.19. The van der Waals surface area contributed by atoms with Crippen LogP contribution in [-0.4, -0.2) is 27.4 Å². The van der Waals surface area contributed by atoms with E-state index in [2.05, 4.69) is 10.3 Å². The maximum absolute atomic E-state index is 12.3. The second kappa shape index (κ2) is 7.20. The first-order valence-corrected chi connectivity index (χ1v) is 9.37. The smallest absolute Gasteiger partial charge is 0.312 e. The molecule has 0 bridgehead atoms. The highest BCUT2D eigenvalue weighted by Gasteiger charge is 2.19. The molecule has 0 aliphatic rings. The summed E-state index contributed by atoms with van der Waals surface area (Å²) in [6.45, 7) is 1.56. The number of nitrogens with zero attached hydrogens (tertiary/aromatic N) is 2. The number of aromatic nitrogens is 2. The van der Waals surface area contributed by atoms with Crippen LogP contribution in [0, 0.1) is 0 Å². The Kier molecular flexibility index (Phi) is 4.60. The largest absolute Gasteiger partial charge is 0.452 e. The molecule has 1 amide bonds. The van der Waals surface area contributed by atoms with Gasteiger partial charge in [0.25, 0.3) is 5.91 Å². The van der Waals surface area contributed by atoms with Crippen LogP contribution < -0.4 is 5.32 Å². The fourth-order valence-electron chi connectivity index (χ4n) is 2.81. The molecule has 6 nitrogen and oxygen atoms in total. The first kappa shape index (κ1) is 17.2. The molecule has 0 fully saturated rings. The first-order valence-electron chi connectivity index (χ1n) is 8.49. The lowest BCUT2D eigenvalue weighted by atomic mass is 10.1. The topological polar surface area (TPSA) is 72.7 Å². The fraction of sp³-hybridized carbons (Fsp3) is 0.150. The fourth-order valence-corrected chi connectivity index (χ4v) is 3.53. The number of carbonyl (C=O) groups is 2. The maximum Gasteiger partial charge on any atom is 0.312 e. The lowest BCUT2D eigenvalue weighted by Crippen LogP contribution is -2.30. The van der Waals surface area contributed by atoms with Crippen molar-refractivity contribution in [2.75, 3.05) is 5.32 Å². The van der Waals surface area contributed by atoms with Crippen molar-refractivity contribution in [1.82, 2.24) is 9.38 Å². The van der Waals surface area contributed by atoms with Gasteiger partial charge in [-0.25, -0.2) is 4.98 Å². The Bertz CT molecular complexity index is 1100. The van der Waals surface area contributed by atoms with Gasteiger partial charge in [0.05, 0.1) is 12.1 Å².